The predicted octanol–water partition coefficient (Wildman–Crippen LogP) is 6.32. The van der Waals surface area contributed by atoms with Crippen LogP contribution >= 0.6 is 0 Å². The number of anilines is 4. The van der Waals surface area contributed by atoms with Crippen molar-refractivity contribution in [3.63, 3.8) is 0 Å². The van der Waals surface area contributed by atoms with Crippen LogP contribution in [0, 0.1) is 5.92 Å². The molecule has 3 amide bonds. The average molecular weight is 754 g/mol. The van der Waals surface area contributed by atoms with E-state index in [1.165, 1.54) is 18.2 Å². The quantitative estimate of drug-likeness (QED) is 0.0415. The molecule has 1 saturated heterocycles. The van der Waals surface area contributed by atoms with Gasteiger partial charge in [0.15, 0.2) is 11.7 Å². The van der Waals surface area contributed by atoms with Crippen LogP contribution in [0.1, 0.15) is 63.5 Å². The Morgan fingerprint density at radius 1 is 1.00 bits per heavy atom. The van der Waals surface area contributed by atoms with Crippen molar-refractivity contribution in [3.8, 4) is 17.2 Å². The predicted molar refractivity (Wildman–Crippen MR) is 205 cm³/mol. The number of carbonyl (C=O) groups is 2. The van der Waals surface area contributed by atoms with Crippen molar-refractivity contribution in [3.05, 3.63) is 65.7 Å². The second-order valence-corrected chi connectivity index (χ2v) is 13.8. The van der Waals surface area contributed by atoms with E-state index in [-0.39, 0.29) is 64.5 Å². The van der Waals surface area contributed by atoms with Gasteiger partial charge in [-0.05, 0) is 93.1 Å². The molecule has 2 aliphatic rings. The van der Waals surface area contributed by atoms with E-state index in [9.17, 15) is 18.4 Å². The van der Waals surface area contributed by atoms with Gasteiger partial charge >= 0.3 is 6.03 Å². The van der Waals surface area contributed by atoms with Crippen molar-refractivity contribution in [2.24, 2.45) is 28.1 Å². The number of guanidine groups is 1. The van der Waals surface area contributed by atoms with Crippen molar-refractivity contribution in [2.45, 2.75) is 70.1 Å². The zero-order valence-corrected chi connectivity index (χ0v) is 30.6. The average Bonchev–Trinajstić information content (AvgIpc) is 3.43. The number of aliphatic imine (C=N–C) groups is 1. The van der Waals surface area contributed by atoms with Gasteiger partial charge in [0.1, 0.15) is 23.3 Å². The molecule has 1 aliphatic carbocycles. The van der Waals surface area contributed by atoms with Gasteiger partial charge < -0.3 is 53.3 Å². The third kappa shape index (κ3) is 11.1. The minimum atomic E-state index is -3.11. The van der Waals surface area contributed by atoms with Crippen LogP contribution in [0.2, 0.25) is 0 Å². The summed E-state index contributed by atoms with van der Waals surface area (Å²) in [5.41, 5.74) is 16.0. The van der Waals surface area contributed by atoms with Gasteiger partial charge in [0, 0.05) is 62.0 Å². The Bertz CT molecular complexity index is 1810. The molecule has 13 nitrogen and oxygen atoms in total. The molecule has 292 valence electrons. The van der Waals surface area contributed by atoms with Gasteiger partial charge in [0.25, 0.3) is 5.92 Å². The fourth-order valence-electron chi connectivity index (χ4n) is 6.09. The summed E-state index contributed by atoms with van der Waals surface area (Å²) >= 11 is 0. The van der Waals surface area contributed by atoms with Gasteiger partial charge in [-0.3, -0.25) is 9.79 Å². The first-order valence-electron chi connectivity index (χ1n) is 18.2. The summed E-state index contributed by atoms with van der Waals surface area (Å²) in [6.07, 6.45) is 2.62. The third-order valence-electron chi connectivity index (χ3n) is 9.17. The first-order valence-corrected chi connectivity index (χ1v) is 18.2. The van der Waals surface area contributed by atoms with E-state index in [1.54, 1.807) is 43.3 Å². The zero-order chi connectivity index (χ0) is 38.9. The molecule has 54 heavy (non-hydrogen) atoms. The van der Waals surface area contributed by atoms with E-state index in [1.807, 2.05) is 0 Å². The van der Waals surface area contributed by atoms with Gasteiger partial charge in [0.2, 0.25) is 5.91 Å². The second-order valence-electron chi connectivity index (χ2n) is 13.8. The number of benzene rings is 3. The number of hydrogen-bond donors (Lipinski definition) is 8. The van der Waals surface area contributed by atoms with E-state index < -0.39 is 17.6 Å². The molecule has 5 rings (SSSR count). The number of rotatable bonds is 18. The molecule has 11 N–H and O–H groups in total. The molecule has 3 atom stereocenters. The van der Waals surface area contributed by atoms with Crippen LogP contribution in [-0.4, -0.2) is 56.7 Å². The number of nitrogens with one attached hydrogen (secondary N) is 5. The highest BCUT2D eigenvalue weighted by Crippen LogP contribution is 2.57. The lowest BCUT2D eigenvalue weighted by atomic mass is 10.0. The number of carbonyl (C=O) groups excluding carboxylic acids is 2. The lowest BCUT2D eigenvalue weighted by Gasteiger charge is -2.23. The molecule has 16 heteroatoms. The molecular weight excluding hydrogens is 703 g/mol. The van der Waals surface area contributed by atoms with E-state index in [0.29, 0.717) is 75.2 Å². The van der Waals surface area contributed by atoms with Crippen molar-refractivity contribution < 1.29 is 32.2 Å². The molecule has 3 aromatic rings. The minimum Gasteiger partial charge on any atom is -0.485 e. The maximum absolute atomic E-state index is 15.9. The summed E-state index contributed by atoms with van der Waals surface area (Å²) in [5, 5.41) is 14.8. The number of alkyl halides is 3. The van der Waals surface area contributed by atoms with Crippen LogP contribution in [0.25, 0.3) is 0 Å². The maximum atomic E-state index is 15.9. The summed E-state index contributed by atoms with van der Waals surface area (Å²) < 4.78 is 57.0. The van der Waals surface area contributed by atoms with Gasteiger partial charge in [-0.1, -0.05) is 13.0 Å². The van der Waals surface area contributed by atoms with Gasteiger partial charge in [-0.25, -0.2) is 18.0 Å². The van der Waals surface area contributed by atoms with Gasteiger partial charge in [-0.2, -0.15) is 0 Å². The number of hydrogen-bond acceptors (Lipinski definition) is 8. The molecule has 3 aromatic carbocycles. The highest BCUT2D eigenvalue weighted by Gasteiger charge is 2.54. The Morgan fingerprint density at radius 3 is 2.41 bits per heavy atom. The van der Waals surface area contributed by atoms with Gasteiger partial charge in [-0.15, -0.1) is 0 Å². The zero-order valence-electron chi connectivity index (χ0n) is 30.6. The third-order valence-corrected chi connectivity index (χ3v) is 9.17. The fraction of sp³-hybridized carbons (Fsp3) is 0.447. The van der Waals surface area contributed by atoms with Crippen LogP contribution < -0.4 is 53.3 Å². The summed E-state index contributed by atoms with van der Waals surface area (Å²) in [7, 11) is 0. The summed E-state index contributed by atoms with van der Waals surface area (Å²) in [6.45, 7) is 5.20. The highest BCUT2D eigenvalue weighted by molar-refractivity contribution is 6.03. The van der Waals surface area contributed by atoms with E-state index in [0.717, 1.165) is 13.5 Å². The molecule has 0 bridgehead atoms. The Balaban J connectivity index is 1.36. The number of urea groups is 1. The SMILES string of the molecule is CC1CC1(F)c1cc(NC(=O)CCCCN=C(N)N)c(OC2CCNC2)c(NC(=O)Nc2cccc(Oc3cc(NCCCN)cc(C(C)(F)F)c3)c2)c1. The van der Waals surface area contributed by atoms with E-state index >= 15 is 4.39 Å². The van der Waals surface area contributed by atoms with E-state index in [4.69, 9.17) is 26.7 Å². The van der Waals surface area contributed by atoms with Crippen LogP contribution in [0.4, 0.5) is 40.7 Å². The Morgan fingerprint density at radius 2 is 1.74 bits per heavy atom. The number of unbranched alkanes of at least 4 members (excludes halogenated alkanes) is 1. The topological polar surface area (TPSA) is 203 Å². The number of nitrogens with zero attached hydrogens (tertiary/aromatic N) is 1. The maximum Gasteiger partial charge on any atom is 0.323 e. The largest absolute Gasteiger partial charge is 0.485 e. The number of halogens is 3. The van der Waals surface area contributed by atoms with Crippen molar-refractivity contribution in [1.82, 2.24) is 5.32 Å². The first-order chi connectivity index (χ1) is 25.7. The normalized spacial score (nSPS) is 19.1. The molecule has 1 saturated carbocycles. The Hall–Kier alpha value is -5.22. The highest BCUT2D eigenvalue weighted by atomic mass is 19.3. The summed E-state index contributed by atoms with van der Waals surface area (Å²) in [6, 6.07) is 13.1. The number of ether oxygens (including phenoxy) is 2. The van der Waals surface area contributed by atoms with Crippen LogP contribution in [0.15, 0.2) is 59.6 Å². The Kier molecular flexibility index (Phi) is 13.1. The van der Waals surface area contributed by atoms with Crippen LogP contribution in [0.5, 0.6) is 17.2 Å². The molecule has 0 aromatic heterocycles. The van der Waals surface area contributed by atoms with Crippen molar-refractivity contribution in [2.75, 3.05) is 54.0 Å². The summed E-state index contributed by atoms with van der Waals surface area (Å²) in [4.78, 5) is 30.6. The molecular formula is C38H50F3N9O4. The molecule has 2 fully saturated rings. The van der Waals surface area contributed by atoms with Gasteiger partial charge in [0.05, 0.1) is 11.4 Å². The molecule has 3 unspecified atom stereocenters. The Labute approximate surface area is 313 Å². The fourth-order valence-corrected chi connectivity index (χ4v) is 6.09. The molecule has 0 radical (unpaired) electrons. The summed E-state index contributed by atoms with van der Waals surface area (Å²) in [5.74, 6) is -3.06. The monoisotopic (exact) mass is 753 g/mol. The minimum absolute atomic E-state index is 0.0208. The van der Waals surface area contributed by atoms with Crippen molar-refractivity contribution in [1.29, 1.82) is 0 Å². The van der Waals surface area contributed by atoms with Crippen LogP contribution in [0.3, 0.4) is 0 Å². The molecule has 1 heterocycles. The van der Waals surface area contributed by atoms with Crippen LogP contribution in [-0.2, 0) is 16.4 Å². The second kappa shape index (κ2) is 17.7. The number of nitrogens with two attached hydrogens (primary N) is 3. The smallest absolute Gasteiger partial charge is 0.323 e. The lowest BCUT2D eigenvalue weighted by molar-refractivity contribution is -0.116. The molecule has 0 spiro atoms. The van der Waals surface area contributed by atoms with E-state index in [2.05, 4.69) is 31.6 Å². The standard InChI is InChI=1S/C38H50F3N9O4/c1-23-21-38(23,41)25-17-31(49-33(51)9-3-4-12-47-35(43)44)34(54-29-10-14-45-22-29)32(18-25)50-36(52)48-26-7-5-8-28(19-26)53-30-16-24(37(2,39)40)15-27(20-30)46-13-6-11-42/h5,7-8,15-20,23,29,45-46H,3-4,6,9-14,21-22,42H2,1-2H3,(H,49,51)(H4,43,44,47)(H2,48,50,52). The molecule has 1 aliphatic heterocycles. The number of amides is 3. The lowest BCUT2D eigenvalue weighted by Crippen LogP contribution is -2.24. The first kappa shape index (κ1) is 40.0. The van der Waals surface area contributed by atoms with Crippen molar-refractivity contribution >= 4 is 40.6 Å².